The second-order valence-corrected chi connectivity index (χ2v) is 5.80. The number of nitrogens with one attached hydrogen (secondary N) is 1. The maximum absolute atomic E-state index is 9.19. The van der Waals surface area contributed by atoms with Crippen LogP contribution < -0.4 is 10.2 Å². The van der Waals surface area contributed by atoms with E-state index < -0.39 is 0 Å². The Morgan fingerprint density at radius 1 is 1.37 bits per heavy atom. The molecule has 1 saturated heterocycles. The predicted octanol–water partition coefficient (Wildman–Crippen LogP) is 2.24. The molecule has 19 heavy (non-hydrogen) atoms. The maximum atomic E-state index is 9.19. The van der Waals surface area contributed by atoms with Crippen molar-refractivity contribution in [3.8, 4) is 0 Å². The summed E-state index contributed by atoms with van der Waals surface area (Å²) in [5, 5.41) is 12.8. The van der Waals surface area contributed by atoms with E-state index in [9.17, 15) is 5.11 Å². The van der Waals surface area contributed by atoms with Crippen molar-refractivity contribution in [3.63, 3.8) is 0 Å². The van der Waals surface area contributed by atoms with Crippen molar-refractivity contribution in [3.05, 3.63) is 29.3 Å². The molecule has 0 saturated carbocycles. The van der Waals surface area contributed by atoms with Crippen molar-refractivity contribution in [1.82, 2.24) is 5.32 Å². The number of rotatable bonds is 3. The molecule has 3 nitrogen and oxygen atoms in total. The topological polar surface area (TPSA) is 35.5 Å². The van der Waals surface area contributed by atoms with Gasteiger partial charge >= 0.3 is 0 Å². The Balaban J connectivity index is 2.17. The summed E-state index contributed by atoms with van der Waals surface area (Å²) in [5.41, 5.74) is 4.00. The van der Waals surface area contributed by atoms with Crippen LogP contribution in [0.25, 0.3) is 0 Å². The molecule has 1 aromatic carbocycles. The van der Waals surface area contributed by atoms with E-state index in [1.807, 2.05) is 0 Å². The number of benzene rings is 1. The summed E-state index contributed by atoms with van der Waals surface area (Å²) in [6, 6.07) is 7.57. The standard InChI is InChI=1S/C16H26N2O/c1-12-4-5-16(13(2)10-12)18-8-6-14(3)17-15(11-18)7-9-19/h4-5,10,14-15,17,19H,6-9,11H2,1-3H3. The molecular formula is C16H26N2O. The second kappa shape index (κ2) is 6.40. The summed E-state index contributed by atoms with van der Waals surface area (Å²) in [7, 11) is 0. The van der Waals surface area contributed by atoms with Gasteiger partial charge < -0.3 is 15.3 Å². The maximum Gasteiger partial charge on any atom is 0.0446 e. The lowest BCUT2D eigenvalue weighted by Gasteiger charge is -2.28. The van der Waals surface area contributed by atoms with Crippen molar-refractivity contribution in [2.45, 2.75) is 45.7 Å². The molecule has 1 heterocycles. The first-order valence-corrected chi connectivity index (χ1v) is 7.29. The largest absolute Gasteiger partial charge is 0.396 e. The van der Waals surface area contributed by atoms with Gasteiger partial charge in [-0.15, -0.1) is 0 Å². The fourth-order valence-corrected chi connectivity index (χ4v) is 2.95. The molecule has 1 fully saturated rings. The first kappa shape index (κ1) is 14.4. The van der Waals surface area contributed by atoms with Crippen molar-refractivity contribution >= 4 is 5.69 Å². The molecule has 106 valence electrons. The van der Waals surface area contributed by atoms with Crippen molar-refractivity contribution in [2.24, 2.45) is 0 Å². The number of aliphatic hydroxyl groups is 1. The monoisotopic (exact) mass is 262 g/mol. The fraction of sp³-hybridized carbons (Fsp3) is 0.625. The highest BCUT2D eigenvalue weighted by Crippen LogP contribution is 2.23. The molecule has 3 heteroatoms. The summed E-state index contributed by atoms with van der Waals surface area (Å²) in [6.45, 7) is 8.87. The zero-order valence-corrected chi connectivity index (χ0v) is 12.3. The molecule has 2 unspecified atom stereocenters. The molecule has 2 N–H and O–H groups in total. The molecule has 0 aromatic heterocycles. The minimum absolute atomic E-state index is 0.255. The van der Waals surface area contributed by atoms with E-state index in [2.05, 4.69) is 49.2 Å². The zero-order chi connectivity index (χ0) is 13.8. The fourth-order valence-electron chi connectivity index (χ4n) is 2.95. The van der Waals surface area contributed by atoms with Gasteiger partial charge in [0.25, 0.3) is 0 Å². The van der Waals surface area contributed by atoms with Gasteiger partial charge in [-0.1, -0.05) is 17.7 Å². The first-order valence-electron chi connectivity index (χ1n) is 7.29. The van der Waals surface area contributed by atoms with Crippen LogP contribution in [-0.4, -0.2) is 36.9 Å². The average molecular weight is 262 g/mol. The van der Waals surface area contributed by atoms with E-state index in [1.165, 1.54) is 16.8 Å². The van der Waals surface area contributed by atoms with Crippen LogP contribution in [0.4, 0.5) is 5.69 Å². The Kier molecular flexibility index (Phi) is 4.83. The van der Waals surface area contributed by atoms with Crippen LogP contribution in [0, 0.1) is 13.8 Å². The van der Waals surface area contributed by atoms with E-state index in [0.29, 0.717) is 12.1 Å². The third-order valence-electron chi connectivity index (χ3n) is 3.96. The molecule has 1 aliphatic heterocycles. The third kappa shape index (κ3) is 3.71. The Labute approximate surface area is 116 Å². The highest BCUT2D eigenvalue weighted by molar-refractivity contribution is 5.54. The van der Waals surface area contributed by atoms with Crippen molar-refractivity contribution in [1.29, 1.82) is 0 Å². The molecule has 2 atom stereocenters. The number of hydrogen-bond donors (Lipinski definition) is 2. The molecule has 0 bridgehead atoms. The average Bonchev–Trinajstić information content (AvgIpc) is 2.52. The molecule has 2 rings (SSSR count). The number of nitrogens with zero attached hydrogens (tertiary/aromatic N) is 1. The summed E-state index contributed by atoms with van der Waals surface area (Å²) in [5.74, 6) is 0. The SMILES string of the molecule is Cc1ccc(N2CCC(C)NC(CCO)C2)c(C)c1. The number of aliphatic hydroxyl groups excluding tert-OH is 1. The zero-order valence-electron chi connectivity index (χ0n) is 12.3. The van der Waals surface area contributed by atoms with Gasteiger partial charge in [0.2, 0.25) is 0 Å². The number of anilines is 1. The van der Waals surface area contributed by atoms with E-state index >= 15 is 0 Å². The summed E-state index contributed by atoms with van der Waals surface area (Å²) >= 11 is 0. The van der Waals surface area contributed by atoms with Crippen molar-refractivity contribution < 1.29 is 5.11 Å². The van der Waals surface area contributed by atoms with Gasteiger partial charge in [0.15, 0.2) is 0 Å². The molecular weight excluding hydrogens is 236 g/mol. The van der Waals surface area contributed by atoms with Gasteiger partial charge in [-0.3, -0.25) is 0 Å². The second-order valence-electron chi connectivity index (χ2n) is 5.80. The minimum Gasteiger partial charge on any atom is -0.396 e. The summed E-state index contributed by atoms with van der Waals surface area (Å²) in [4.78, 5) is 2.46. The van der Waals surface area contributed by atoms with Gasteiger partial charge in [0.1, 0.15) is 0 Å². The van der Waals surface area contributed by atoms with Crippen LogP contribution in [-0.2, 0) is 0 Å². The highest BCUT2D eigenvalue weighted by Gasteiger charge is 2.21. The van der Waals surface area contributed by atoms with Crippen LogP contribution in [0.2, 0.25) is 0 Å². The normalized spacial score (nSPS) is 24.3. The number of hydrogen-bond acceptors (Lipinski definition) is 3. The van der Waals surface area contributed by atoms with E-state index in [4.69, 9.17) is 0 Å². The third-order valence-corrected chi connectivity index (χ3v) is 3.96. The van der Waals surface area contributed by atoms with Crippen LogP contribution >= 0.6 is 0 Å². The Morgan fingerprint density at radius 2 is 2.16 bits per heavy atom. The molecule has 0 radical (unpaired) electrons. The minimum atomic E-state index is 0.255. The van der Waals surface area contributed by atoms with Crippen LogP contribution in [0.3, 0.4) is 0 Å². The van der Waals surface area contributed by atoms with E-state index in [-0.39, 0.29) is 6.61 Å². The summed E-state index contributed by atoms with van der Waals surface area (Å²) < 4.78 is 0. The lowest BCUT2D eigenvalue weighted by molar-refractivity contribution is 0.263. The molecule has 1 aromatic rings. The predicted molar refractivity (Wildman–Crippen MR) is 80.8 cm³/mol. The van der Waals surface area contributed by atoms with Gasteiger partial charge in [0.05, 0.1) is 0 Å². The van der Waals surface area contributed by atoms with Gasteiger partial charge in [-0.25, -0.2) is 0 Å². The van der Waals surface area contributed by atoms with Gasteiger partial charge in [-0.2, -0.15) is 0 Å². The van der Waals surface area contributed by atoms with E-state index in [1.54, 1.807) is 0 Å². The molecule has 0 amide bonds. The Morgan fingerprint density at radius 3 is 2.84 bits per heavy atom. The van der Waals surface area contributed by atoms with Crippen molar-refractivity contribution in [2.75, 3.05) is 24.6 Å². The van der Waals surface area contributed by atoms with E-state index in [0.717, 1.165) is 25.9 Å². The van der Waals surface area contributed by atoms with Crippen LogP contribution in [0.15, 0.2) is 18.2 Å². The summed E-state index contributed by atoms with van der Waals surface area (Å²) in [6.07, 6.45) is 1.97. The van der Waals surface area contributed by atoms with Crippen LogP contribution in [0.1, 0.15) is 30.9 Å². The smallest absolute Gasteiger partial charge is 0.0446 e. The lowest BCUT2D eigenvalue weighted by Crippen LogP contribution is -2.40. The Hall–Kier alpha value is -1.06. The van der Waals surface area contributed by atoms with Crippen LogP contribution in [0.5, 0.6) is 0 Å². The molecule has 0 spiro atoms. The quantitative estimate of drug-likeness (QED) is 0.877. The van der Waals surface area contributed by atoms with Gasteiger partial charge in [-0.05, 0) is 45.2 Å². The number of aryl methyl sites for hydroxylation is 2. The molecule has 1 aliphatic rings. The first-order chi connectivity index (χ1) is 9.10. The molecule has 0 aliphatic carbocycles. The lowest BCUT2D eigenvalue weighted by atomic mass is 10.1. The highest BCUT2D eigenvalue weighted by atomic mass is 16.3. The van der Waals surface area contributed by atoms with Gasteiger partial charge in [0, 0.05) is 37.5 Å². The Bertz CT molecular complexity index is 419.